The van der Waals surface area contributed by atoms with Crippen molar-refractivity contribution < 1.29 is 6.11 Å². The van der Waals surface area contributed by atoms with Crippen LogP contribution < -0.4 is 10.2 Å². The van der Waals surface area contributed by atoms with Gasteiger partial charge in [-0.25, -0.2) is 0 Å². The highest BCUT2D eigenvalue weighted by Crippen LogP contribution is 2.23. The van der Waals surface area contributed by atoms with Gasteiger partial charge in [-0.15, -0.1) is 0 Å². The van der Waals surface area contributed by atoms with E-state index in [0.29, 0.717) is 11.8 Å². The zero-order valence-electron chi connectivity index (χ0n) is 10.5. The molecule has 0 amide bonds. The molecule has 2 rings (SSSR count). The smallest absolute Gasteiger partial charge is 0.148 e. The van der Waals surface area contributed by atoms with Gasteiger partial charge in [0.05, 0.1) is 1.37 Å². The van der Waals surface area contributed by atoms with Crippen LogP contribution in [0, 0.1) is 6.92 Å². The third-order valence-corrected chi connectivity index (χ3v) is 2.44. The summed E-state index contributed by atoms with van der Waals surface area (Å²) in [6.45, 7) is 4.03. The normalized spacial score (nSPS) is 10.8. The van der Waals surface area contributed by atoms with Crippen LogP contribution in [0.2, 0.25) is 6.82 Å². The topological polar surface area (TPSA) is 9.23 Å². The van der Waals surface area contributed by atoms with Gasteiger partial charge in [0, 0.05) is 0 Å². The lowest BCUT2D eigenvalue weighted by Gasteiger charge is -2.09. The molecule has 0 unspecified atom stereocenters. The molecular formula is C14H14BO. The molecule has 79 valence electrons. The molecule has 0 atom stereocenters. The summed E-state index contributed by atoms with van der Waals surface area (Å²) in [4.78, 5) is 0. The van der Waals surface area contributed by atoms with Gasteiger partial charge in [-0.05, 0) is 30.7 Å². The van der Waals surface area contributed by atoms with E-state index in [1.54, 1.807) is 12.1 Å². The Hall–Kier alpha value is -1.70. The van der Waals surface area contributed by atoms with Crippen molar-refractivity contribution in [2.75, 3.05) is 0 Å². The predicted octanol–water partition coefficient (Wildman–Crippen LogP) is 3.16. The number of hydrogen-bond acceptors (Lipinski definition) is 1. The zero-order valence-corrected chi connectivity index (χ0v) is 9.53. The summed E-state index contributed by atoms with van der Waals surface area (Å²) in [6.07, 6.45) is 0. The van der Waals surface area contributed by atoms with Gasteiger partial charge in [0.2, 0.25) is 0 Å². The molecule has 0 heterocycles. The number of para-hydroxylation sites is 1. The first-order valence-corrected chi connectivity index (χ1v) is 5.33. The maximum atomic E-state index is 7.53. The van der Waals surface area contributed by atoms with Crippen LogP contribution in [0.15, 0.2) is 48.5 Å². The van der Waals surface area contributed by atoms with Crippen molar-refractivity contribution in [2.24, 2.45) is 0 Å². The quantitative estimate of drug-likeness (QED) is 0.708. The molecule has 0 aliphatic carbocycles. The van der Waals surface area contributed by atoms with Crippen molar-refractivity contribution in [2.45, 2.75) is 13.7 Å². The Morgan fingerprint density at radius 2 is 2.06 bits per heavy atom. The summed E-state index contributed by atoms with van der Waals surface area (Å²) in [7, 11) is 2.06. The average Bonchev–Trinajstić information content (AvgIpc) is 2.32. The standard InChI is InChI=1S/C14H14BO/c1-11-10-12(15-2)8-9-14(11)16-13-6-4-3-5-7-13/h3-10H,1-2H3/i4T. The zero-order chi connectivity index (χ0) is 12.3. The second-order valence-corrected chi connectivity index (χ2v) is 3.65. The van der Waals surface area contributed by atoms with Crippen molar-refractivity contribution in [3.8, 4) is 11.5 Å². The van der Waals surface area contributed by atoms with Crippen molar-refractivity contribution >= 4 is 12.7 Å². The fraction of sp³-hybridized carbons (Fsp3) is 0.143. The average molecular weight is 211 g/mol. The van der Waals surface area contributed by atoms with Crippen LogP contribution in [0.25, 0.3) is 0 Å². The minimum Gasteiger partial charge on any atom is -0.457 e. The van der Waals surface area contributed by atoms with Crippen LogP contribution in [0.1, 0.15) is 6.93 Å². The summed E-state index contributed by atoms with van der Waals surface area (Å²) >= 11 is 0. The summed E-state index contributed by atoms with van der Waals surface area (Å²) in [5.74, 6) is 1.54. The van der Waals surface area contributed by atoms with E-state index in [0.717, 1.165) is 11.3 Å². The Bertz CT molecular complexity index is 525. The lowest BCUT2D eigenvalue weighted by Crippen LogP contribution is -2.10. The van der Waals surface area contributed by atoms with Crippen LogP contribution in [0.4, 0.5) is 0 Å². The number of ether oxygens (including phenoxy) is 1. The Labute approximate surface area is 98.7 Å². The molecule has 0 aliphatic rings. The van der Waals surface area contributed by atoms with E-state index < -0.39 is 0 Å². The van der Waals surface area contributed by atoms with E-state index >= 15 is 0 Å². The molecule has 2 heteroatoms. The molecule has 1 nitrogen and oxygen atoms in total. The Kier molecular flexibility index (Phi) is 2.91. The number of benzene rings is 2. The largest absolute Gasteiger partial charge is 0.457 e. The summed E-state index contributed by atoms with van der Waals surface area (Å²) in [5.41, 5.74) is 2.28. The molecule has 0 N–H and O–H groups in total. The van der Waals surface area contributed by atoms with Gasteiger partial charge >= 0.3 is 0 Å². The van der Waals surface area contributed by atoms with E-state index in [1.165, 1.54) is 5.46 Å². The van der Waals surface area contributed by atoms with E-state index in [-0.39, 0.29) is 0 Å². The number of aryl methyl sites for hydroxylation is 1. The van der Waals surface area contributed by atoms with E-state index in [9.17, 15) is 0 Å². The fourth-order valence-electron chi connectivity index (χ4n) is 1.53. The molecule has 0 bridgehead atoms. The summed E-state index contributed by atoms with van der Waals surface area (Å²) in [5, 5.41) is 0. The van der Waals surface area contributed by atoms with Crippen molar-refractivity contribution in [1.82, 2.24) is 0 Å². The predicted molar refractivity (Wildman–Crippen MR) is 68.9 cm³/mol. The van der Waals surface area contributed by atoms with Crippen LogP contribution in [-0.4, -0.2) is 7.28 Å². The molecular weight excluding hydrogens is 195 g/mol. The minimum absolute atomic E-state index is 0.457. The lowest BCUT2D eigenvalue weighted by molar-refractivity contribution is 0.479. The molecule has 0 aromatic heterocycles. The highest BCUT2D eigenvalue weighted by molar-refractivity contribution is 6.51. The summed E-state index contributed by atoms with van der Waals surface area (Å²) < 4.78 is 13.3. The minimum atomic E-state index is 0.457. The SMILES string of the molecule is [3H]c1cccc(Oc2ccc([B]C)cc2C)c1. The Morgan fingerprint density at radius 3 is 2.75 bits per heavy atom. The highest BCUT2D eigenvalue weighted by atomic mass is 16.5. The number of rotatable bonds is 3. The molecule has 0 aliphatic heterocycles. The highest BCUT2D eigenvalue weighted by Gasteiger charge is 2.01. The van der Waals surface area contributed by atoms with Crippen LogP contribution in [0.3, 0.4) is 0 Å². The van der Waals surface area contributed by atoms with Gasteiger partial charge in [0.1, 0.15) is 18.8 Å². The van der Waals surface area contributed by atoms with Crippen molar-refractivity contribution in [3.63, 3.8) is 0 Å². The Balaban J connectivity index is 2.24. The Morgan fingerprint density at radius 1 is 1.19 bits per heavy atom. The first-order chi connectivity index (χ1) is 8.19. The van der Waals surface area contributed by atoms with Crippen molar-refractivity contribution in [3.05, 3.63) is 54.1 Å². The van der Waals surface area contributed by atoms with E-state index in [4.69, 9.17) is 6.11 Å². The molecule has 16 heavy (non-hydrogen) atoms. The lowest BCUT2D eigenvalue weighted by atomic mass is 9.73. The third-order valence-electron chi connectivity index (χ3n) is 2.44. The second kappa shape index (κ2) is 4.89. The van der Waals surface area contributed by atoms with E-state index in [2.05, 4.69) is 13.3 Å². The molecule has 0 saturated heterocycles. The first-order valence-electron chi connectivity index (χ1n) is 5.83. The monoisotopic (exact) mass is 211 g/mol. The molecule has 2 aromatic carbocycles. The third kappa shape index (κ3) is 2.46. The fourth-order valence-corrected chi connectivity index (χ4v) is 1.53. The number of hydrogen-bond donors (Lipinski definition) is 0. The molecule has 0 spiro atoms. The van der Waals surface area contributed by atoms with Gasteiger partial charge in [0.25, 0.3) is 0 Å². The van der Waals surface area contributed by atoms with Gasteiger partial charge in [-0.2, -0.15) is 0 Å². The van der Waals surface area contributed by atoms with Crippen molar-refractivity contribution in [1.29, 1.82) is 0 Å². The van der Waals surface area contributed by atoms with Gasteiger partial charge in [-0.3, -0.25) is 0 Å². The summed E-state index contributed by atoms with van der Waals surface area (Å²) in [6, 6.07) is 13.6. The second-order valence-electron chi connectivity index (χ2n) is 3.65. The van der Waals surface area contributed by atoms with Crippen LogP contribution >= 0.6 is 0 Å². The molecule has 1 radical (unpaired) electrons. The maximum absolute atomic E-state index is 7.53. The molecule has 0 saturated carbocycles. The van der Waals surface area contributed by atoms with Gasteiger partial charge in [0.15, 0.2) is 0 Å². The maximum Gasteiger partial charge on any atom is 0.148 e. The van der Waals surface area contributed by atoms with Crippen LogP contribution in [0.5, 0.6) is 11.5 Å². The van der Waals surface area contributed by atoms with E-state index in [1.807, 2.05) is 38.0 Å². The van der Waals surface area contributed by atoms with Gasteiger partial charge in [-0.1, -0.05) is 42.6 Å². The molecule has 0 fully saturated rings. The molecule has 2 aromatic rings. The van der Waals surface area contributed by atoms with Crippen LogP contribution in [-0.2, 0) is 0 Å². The van der Waals surface area contributed by atoms with Gasteiger partial charge < -0.3 is 4.74 Å². The first kappa shape index (κ1) is 9.53.